The molecule has 154 valence electrons. The van der Waals surface area contributed by atoms with Crippen LogP contribution in [0.25, 0.3) is 0 Å². The third-order valence-corrected chi connectivity index (χ3v) is 5.25. The average molecular weight is 396 g/mol. The lowest BCUT2D eigenvalue weighted by Crippen LogP contribution is -2.42. The minimum atomic E-state index is -0.504. The highest BCUT2D eigenvalue weighted by atomic mass is 16.2. The van der Waals surface area contributed by atoms with Crippen molar-refractivity contribution >= 4 is 11.8 Å². The van der Waals surface area contributed by atoms with Gasteiger partial charge in [-0.15, -0.1) is 0 Å². The summed E-state index contributed by atoms with van der Waals surface area (Å²) in [4.78, 5) is 40.5. The Morgan fingerprint density at radius 3 is 2.31 bits per heavy atom. The van der Waals surface area contributed by atoms with Crippen molar-refractivity contribution in [3.63, 3.8) is 0 Å². The van der Waals surface area contributed by atoms with E-state index in [0.717, 1.165) is 18.4 Å². The summed E-state index contributed by atoms with van der Waals surface area (Å²) in [6.07, 6.45) is 4.99. The fraction of sp³-hybridized carbons (Fsp3) is 0.435. The Balaban J connectivity index is 1.99. The molecule has 2 amide bonds. The van der Waals surface area contributed by atoms with Gasteiger partial charge in [-0.2, -0.15) is 0 Å². The Hall–Kier alpha value is -2.89. The third kappa shape index (κ3) is 5.13. The normalized spacial score (nSPS) is 14.8. The van der Waals surface area contributed by atoms with E-state index in [2.05, 4.69) is 12.2 Å². The molecule has 1 aromatic carbocycles. The quantitative estimate of drug-likeness (QED) is 0.846. The molecule has 0 saturated carbocycles. The highest BCUT2D eigenvalue weighted by Gasteiger charge is 2.26. The van der Waals surface area contributed by atoms with Gasteiger partial charge in [-0.25, -0.2) is 0 Å². The van der Waals surface area contributed by atoms with Crippen LogP contribution in [0.3, 0.4) is 0 Å². The summed E-state index contributed by atoms with van der Waals surface area (Å²) in [7, 11) is 0. The smallest absolute Gasteiger partial charge is 0.259 e. The van der Waals surface area contributed by atoms with Crippen LogP contribution in [0.15, 0.2) is 47.5 Å². The van der Waals surface area contributed by atoms with Gasteiger partial charge >= 0.3 is 0 Å². The monoisotopic (exact) mass is 395 g/mol. The molecule has 1 aliphatic rings. The molecule has 1 aliphatic heterocycles. The first kappa shape index (κ1) is 20.8. The lowest BCUT2D eigenvalue weighted by Gasteiger charge is -2.30. The summed E-state index contributed by atoms with van der Waals surface area (Å²) >= 11 is 0. The first-order valence-corrected chi connectivity index (χ1v) is 10.2. The van der Waals surface area contributed by atoms with Gasteiger partial charge in [0.05, 0.1) is 0 Å². The third-order valence-electron chi connectivity index (χ3n) is 5.25. The second kappa shape index (κ2) is 9.07. The standard InChI is InChI=1S/C23H29N3O3/c1-16(2)24-22(28)19-14-25(13-18-7-5-4-6-8-18)15-20(21(19)27)23(29)26-11-9-17(3)10-12-26/h4-8,14-17H,9-13H2,1-3H3,(H,24,28). The molecule has 3 rings (SSSR count). The molecule has 1 N–H and O–H groups in total. The Kier molecular flexibility index (Phi) is 6.52. The summed E-state index contributed by atoms with van der Waals surface area (Å²) in [5.74, 6) is -0.159. The molecule has 1 saturated heterocycles. The second-order valence-electron chi connectivity index (χ2n) is 8.18. The van der Waals surface area contributed by atoms with Crippen LogP contribution in [-0.2, 0) is 6.54 Å². The maximum atomic E-state index is 13.1. The van der Waals surface area contributed by atoms with Crippen molar-refractivity contribution in [3.8, 4) is 0 Å². The number of piperidine rings is 1. The van der Waals surface area contributed by atoms with Crippen molar-refractivity contribution in [3.05, 3.63) is 69.6 Å². The predicted molar refractivity (Wildman–Crippen MR) is 113 cm³/mol. The van der Waals surface area contributed by atoms with Crippen LogP contribution in [0.4, 0.5) is 0 Å². The number of hydrogen-bond donors (Lipinski definition) is 1. The number of carbonyl (C=O) groups is 2. The van der Waals surface area contributed by atoms with Crippen molar-refractivity contribution in [2.75, 3.05) is 13.1 Å². The van der Waals surface area contributed by atoms with Crippen LogP contribution in [0.5, 0.6) is 0 Å². The molecule has 2 heterocycles. The van der Waals surface area contributed by atoms with Gasteiger partial charge in [0.15, 0.2) is 0 Å². The molecule has 29 heavy (non-hydrogen) atoms. The molecular formula is C23H29N3O3. The molecule has 0 atom stereocenters. The summed E-state index contributed by atoms with van der Waals surface area (Å²) in [5.41, 5.74) is 0.588. The number of benzene rings is 1. The molecule has 6 nitrogen and oxygen atoms in total. The van der Waals surface area contributed by atoms with Crippen molar-refractivity contribution in [1.82, 2.24) is 14.8 Å². The first-order chi connectivity index (χ1) is 13.8. The molecule has 0 bridgehead atoms. The van der Waals surface area contributed by atoms with Gasteiger partial charge in [0.1, 0.15) is 11.1 Å². The summed E-state index contributed by atoms with van der Waals surface area (Å²) < 4.78 is 1.76. The Labute approximate surface area is 171 Å². The second-order valence-corrected chi connectivity index (χ2v) is 8.18. The van der Waals surface area contributed by atoms with Crippen LogP contribution in [0.2, 0.25) is 0 Å². The van der Waals surface area contributed by atoms with Crippen LogP contribution < -0.4 is 10.7 Å². The number of amides is 2. The van der Waals surface area contributed by atoms with Crippen molar-refractivity contribution in [2.45, 2.75) is 46.2 Å². The molecular weight excluding hydrogens is 366 g/mol. The summed E-state index contributed by atoms with van der Waals surface area (Å²) in [6.45, 7) is 7.60. The average Bonchev–Trinajstić information content (AvgIpc) is 2.69. The van der Waals surface area contributed by atoms with Gasteiger partial charge in [0.2, 0.25) is 5.43 Å². The molecule has 2 aromatic rings. The number of nitrogens with zero attached hydrogens (tertiary/aromatic N) is 2. The van der Waals surface area contributed by atoms with Crippen molar-refractivity contribution in [1.29, 1.82) is 0 Å². The predicted octanol–water partition coefficient (Wildman–Crippen LogP) is 2.91. The maximum absolute atomic E-state index is 13.1. The van der Waals surface area contributed by atoms with E-state index in [1.165, 1.54) is 0 Å². The summed E-state index contributed by atoms with van der Waals surface area (Å²) in [6, 6.07) is 9.64. The highest BCUT2D eigenvalue weighted by molar-refractivity contribution is 5.99. The van der Waals surface area contributed by atoms with Gasteiger partial charge < -0.3 is 14.8 Å². The SMILES string of the molecule is CC1CCN(C(=O)c2cn(Cc3ccccc3)cc(C(=O)NC(C)C)c2=O)CC1. The largest absolute Gasteiger partial charge is 0.350 e. The van der Waals surface area contributed by atoms with E-state index >= 15 is 0 Å². The maximum Gasteiger partial charge on any atom is 0.259 e. The van der Waals surface area contributed by atoms with Gasteiger partial charge in [-0.1, -0.05) is 37.3 Å². The molecule has 0 radical (unpaired) electrons. The lowest BCUT2D eigenvalue weighted by atomic mass is 9.98. The number of rotatable bonds is 5. The van der Waals surface area contributed by atoms with E-state index in [4.69, 9.17) is 0 Å². The first-order valence-electron chi connectivity index (χ1n) is 10.2. The van der Waals surface area contributed by atoms with Crippen molar-refractivity contribution in [2.24, 2.45) is 5.92 Å². The highest BCUT2D eigenvalue weighted by Crippen LogP contribution is 2.18. The van der Waals surface area contributed by atoms with Crippen LogP contribution in [0, 0.1) is 5.92 Å². The van der Waals surface area contributed by atoms with Gasteiger partial charge in [-0.05, 0) is 38.2 Å². The zero-order valence-electron chi connectivity index (χ0n) is 17.4. The van der Waals surface area contributed by atoms with E-state index in [1.807, 2.05) is 44.2 Å². The van der Waals surface area contributed by atoms with Crippen LogP contribution in [-0.4, -0.2) is 40.4 Å². The van der Waals surface area contributed by atoms with Gasteiger partial charge in [0, 0.05) is 38.1 Å². The van der Waals surface area contributed by atoms with E-state index in [0.29, 0.717) is 25.6 Å². The molecule has 0 spiro atoms. The van der Waals surface area contributed by atoms with E-state index in [9.17, 15) is 14.4 Å². The Morgan fingerprint density at radius 1 is 1.07 bits per heavy atom. The number of aromatic nitrogens is 1. The number of nitrogens with one attached hydrogen (secondary N) is 1. The zero-order valence-corrected chi connectivity index (χ0v) is 17.4. The minimum Gasteiger partial charge on any atom is -0.350 e. The van der Waals surface area contributed by atoms with E-state index in [1.54, 1.807) is 21.9 Å². The van der Waals surface area contributed by atoms with Crippen molar-refractivity contribution < 1.29 is 9.59 Å². The van der Waals surface area contributed by atoms with Gasteiger partial charge in [-0.3, -0.25) is 14.4 Å². The zero-order chi connectivity index (χ0) is 21.0. The molecule has 1 aromatic heterocycles. The van der Waals surface area contributed by atoms with Crippen LogP contribution >= 0.6 is 0 Å². The lowest BCUT2D eigenvalue weighted by molar-refractivity contribution is 0.0695. The fourth-order valence-electron chi connectivity index (χ4n) is 3.55. The number of pyridine rings is 1. The molecule has 1 fully saturated rings. The molecule has 0 unspecified atom stereocenters. The number of hydrogen-bond acceptors (Lipinski definition) is 3. The topological polar surface area (TPSA) is 71.4 Å². The van der Waals surface area contributed by atoms with E-state index < -0.39 is 11.3 Å². The number of likely N-dealkylation sites (tertiary alicyclic amines) is 1. The number of carbonyl (C=O) groups excluding carboxylic acids is 2. The molecule has 0 aliphatic carbocycles. The Morgan fingerprint density at radius 2 is 1.69 bits per heavy atom. The van der Waals surface area contributed by atoms with Gasteiger partial charge in [0.25, 0.3) is 11.8 Å². The fourth-order valence-corrected chi connectivity index (χ4v) is 3.55. The van der Waals surface area contributed by atoms with Crippen LogP contribution in [0.1, 0.15) is 59.9 Å². The Bertz CT molecular complexity index is 926. The minimum absolute atomic E-state index is 0.00542. The molecule has 6 heteroatoms. The van der Waals surface area contributed by atoms with E-state index in [-0.39, 0.29) is 23.1 Å². The summed E-state index contributed by atoms with van der Waals surface area (Å²) in [5, 5.41) is 2.77.